The lowest BCUT2D eigenvalue weighted by Gasteiger charge is -2.33. The highest BCUT2D eigenvalue weighted by Gasteiger charge is 2.25. The summed E-state index contributed by atoms with van der Waals surface area (Å²) in [5.41, 5.74) is 0.122. The molecular formula is C17H23FN2O3. The van der Waals surface area contributed by atoms with Gasteiger partial charge in [0.1, 0.15) is 11.6 Å². The Morgan fingerprint density at radius 3 is 2.78 bits per heavy atom. The molecule has 2 N–H and O–H groups in total. The van der Waals surface area contributed by atoms with E-state index in [1.54, 1.807) is 0 Å². The third-order valence-corrected chi connectivity index (χ3v) is 4.67. The fourth-order valence-electron chi connectivity index (χ4n) is 3.31. The van der Waals surface area contributed by atoms with Crippen LogP contribution in [0.2, 0.25) is 0 Å². The molecular weight excluding hydrogens is 299 g/mol. The summed E-state index contributed by atoms with van der Waals surface area (Å²) in [4.78, 5) is 14.6. The van der Waals surface area contributed by atoms with Crippen LogP contribution in [0, 0.1) is 11.7 Å². The number of phenolic OH excluding ortho intramolecular Hbond substituents is 1. The SMILES string of the molecule is O=C(NC1CCN(CC2CCOC2)CC1)c1ccc(F)cc1O. The van der Waals surface area contributed by atoms with Gasteiger partial charge in [-0.3, -0.25) is 4.79 Å². The van der Waals surface area contributed by atoms with Crippen molar-refractivity contribution >= 4 is 5.91 Å². The third kappa shape index (κ3) is 4.20. The van der Waals surface area contributed by atoms with Crippen LogP contribution in [-0.2, 0) is 4.74 Å². The van der Waals surface area contributed by atoms with Gasteiger partial charge in [-0.05, 0) is 37.3 Å². The first kappa shape index (κ1) is 16.2. The van der Waals surface area contributed by atoms with Crippen LogP contribution < -0.4 is 5.32 Å². The van der Waals surface area contributed by atoms with Crippen molar-refractivity contribution in [1.82, 2.24) is 10.2 Å². The molecule has 23 heavy (non-hydrogen) atoms. The van der Waals surface area contributed by atoms with E-state index in [4.69, 9.17) is 4.74 Å². The van der Waals surface area contributed by atoms with E-state index in [1.807, 2.05) is 0 Å². The summed E-state index contributed by atoms with van der Waals surface area (Å²) in [5.74, 6) is -0.577. The van der Waals surface area contributed by atoms with Crippen LogP contribution >= 0.6 is 0 Å². The van der Waals surface area contributed by atoms with Crippen molar-refractivity contribution in [3.63, 3.8) is 0 Å². The standard InChI is InChI=1S/C17H23FN2O3/c18-13-1-2-15(16(21)9-13)17(22)19-14-3-6-20(7-4-14)10-12-5-8-23-11-12/h1-2,9,12,14,21H,3-8,10-11H2,(H,19,22). The number of rotatable bonds is 4. The number of benzene rings is 1. The first-order valence-electron chi connectivity index (χ1n) is 8.21. The Balaban J connectivity index is 1.47. The molecule has 0 bridgehead atoms. The first-order chi connectivity index (χ1) is 11.1. The van der Waals surface area contributed by atoms with Gasteiger partial charge < -0.3 is 20.1 Å². The summed E-state index contributed by atoms with van der Waals surface area (Å²) < 4.78 is 18.4. The summed E-state index contributed by atoms with van der Waals surface area (Å²) in [6, 6.07) is 3.56. The molecule has 5 nitrogen and oxygen atoms in total. The Kier molecular flexibility index (Phi) is 5.13. The fraction of sp³-hybridized carbons (Fsp3) is 0.588. The maximum atomic E-state index is 13.0. The number of hydrogen-bond acceptors (Lipinski definition) is 4. The van der Waals surface area contributed by atoms with E-state index < -0.39 is 5.82 Å². The number of ether oxygens (including phenoxy) is 1. The molecule has 0 aromatic heterocycles. The summed E-state index contributed by atoms with van der Waals surface area (Å²) in [7, 11) is 0. The number of aromatic hydroxyl groups is 1. The summed E-state index contributed by atoms with van der Waals surface area (Å²) in [5, 5.41) is 12.6. The lowest BCUT2D eigenvalue weighted by molar-refractivity contribution is 0.0900. The number of hydrogen-bond donors (Lipinski definition) is 2. The highest BCUT2D eigenvalue weighted by atomic mass is 19.1. The molecule has 0 spiro atoms. The van der Waals surface area contributed by atoms with Gasteiger partial charge in [0.2, 0.25) is 0 Å². The highest BCUT2D eigenvalue weighted by Crippen LogP contribution is 2.20. The van der Waals surface area contributed by atoms with Crippen LogP contribution in [0.1, 0.15) is 29.6 Å². The summed E-state index contributed by atoms with van der Waals surface area (Å²) >= 11 is 0. The van der Waals surface area contributed by atoms with Gasteiger partial charge >= 0.3 is 0 Å². The number of halogens is 1. The second kappa shape index (κ2) is 7.27. The van der Waals surface area contributed by atoms with Crippen LogP contribution in [0.4, 0.5) is 4.39 Å². The molecule has 126 valence electrons. The molecule has 2 aliphatic heterocycles. The van der Waals surface area contributed by atoms with Crippen LogP contribution in [0.25, 0.3) is 0 Å². The molecule has 1 unspecified atom stereocenters. The average Bonchev–Trinajstić information content (AvgIpc) is 3.02. The molecule has 0 radical (unpaired) electrons. The van der Waals surface area contributed by atoms with Gasteiger partial charge in [0.05, 0.1) is 12.2 Å². The molecule has 0 aliphatic carbocycles. The molecule has 1 aromatic rings. The van der Waals surface area contributed by atoms with Gasteiger partial charge in [-0.2, -0.15) is 0 Å². The van der Waals surface area contributed by atoms with Gasteiger partial charge in [-0.15, -0.1) is 0 Å². The highest BCUT2D eigenvalue weighted by molar-refractivity contribution is 5.96. The zero-order valence-electron chi connectivity index (χ0n) is 13.1. The van der Waals surface area contributed by atoms with E-state index in [9.17, 15) is 14.3 Å². The molecule has 2 saturated heterocycles. The number of nitrogens with zero attached hydrogens (tertiary/aromatic N) is 1. The minimum Gasteiger partial charge on any atom is -0.507 e. The zero-order valence-corrected chi connectivity index (χ0v) is 13.1. The number of piperidine rings is 1. The van der Waals surface area contributed by atoms with Crippen LogP contribution in [0.5, 0.6) is 5.75 Å². The Labute approximate surface area is 135 Å². The van der Waals surface area contributed by atoms with Gasteiger partial charge in [0.15, 0.2) is 0 Å². The number of amides is 1. The number of nitrogens with one attached hydrogen (secondary N) is 1. The van der Waals surface area contributed by atoms with Gasteiger partial charge in [-0.25, -0.2) is 4.39 Å². The van der Waals surface area contributed by atoms with Crippen molar-refractivity contribution in [2.75, 3.05) is 32.8 Å². The van der Waals surface area contributed by atoms with Crippen molar-refractivity contribution in [2.45, 2.75) is 25.3 Å². The monoisotopic (exact) mass is 322 g/mol. The van der Waals surface area contributed by atoms with E-state index in [2.05, 4.69) is 10.2 Å². The van der Waals surface area contributed by atoms with E-state index in [-0.39, 0.29) is 23.3 Å². The molecule has 2 heterocycles. The number of carbonyl (C=O) groups is 1. The number of likely N-dealkylation sites (tertiary alicyclic amines) is 1. The van der Waals surface area contributed by atoms with Gasteiger partial charge in [0, 0.05) is 38.3 Å². The Bertz CT molecular complexity index is 553. The molecule has 1 atom stereocenters. The number of carbonyl (C=O) groups excluding carboxylic acids is 1. The van der Waals surface area contributed by atoms with Crippen molar-refractivity contribution in [1.29, 1.82) is 0 Å². The van der Waals surface area contributed by atoms with E-state index >= 15 is 0 Å². The molecule has 2 fully saturated rings. The predicted molar refractivity (Wildman–Crippen MR) is 83.9 cm³/mol. The van der Waals surface area contributed by atoms with E-state index in [0.29, 0.717) is 5.92 Å². The molecule has 3 rings (SSSR count). The second-order valence-electron chi connectivity index (χ2n) is 6.44. The molecule has 6 heteroatoms. The Morgan fingerprint density at radius 2 is 2.13 bits per heavy atom. The largest absolute Gasteiger partial charge is 0.507 e. The maximum absolute atomic E-state index is 13.0. The minimum atomic E-state index is -0.553. The predicted octanol–water partition coefficient (Wildman–Crippen LogP) is 1.76. The lowest BCUT2D eigenvalue weighted by Crippen LogP contribution is -2.45. The van der Waals surface area contributed by atoms with E-state index in [1.165, 1.54) is 12.1 Å². The number of phenols is 1. The van der Waals surface area contributed by atoms with Gasteiger partial charge in [-0.1, -0.05) is 0 Å². The van der Waals surface area contributed by atoms with Gasteiger partial charge in [0.25, 0.3) is 5.91 Å². The van der Waals surface area contributed by atoms with Crippen molar-refractivity contribution in [3.8, 4) is 5.75 Å². The maximum Gasteiger partial charge on any atom is 0.255 e. The van der Waals surface area contributed by atoms with Crippen molar-refractivity contribution in [2.24, 2.45) is 5.92 Å². The fourth-order valence-corrected chi connectivity index (χ4v) is 3.31. The Morgan fingerprint density at radius 1 is 1.35 bits per heavy atom. The molecule has 1 aromatic carbocycles. The molecule has 2 aliphatic rings. The van der Waals surface area contributed by atoms with E-state index in [0.717, 1.165) is 58.2 Å². The minimum absolute atomic E-state index is 0.100. The van der Waals surface area contributed by atoms with Crippen LogP contribution in [-0.4, -0.2) is 54.8 Å². The molecule has 1 amide bonds. The topological polar surface area (TPSA) is 61.8 Å². The van der Waals surface area contributed by atoms with Crippen molar-refractivity contribution < 1.29 is 19.0 Å². The second-order valence-corrected chi connectivity index (χ2v) is 6.44. The molecule has 0 saturated carbocycles. The first-order valence-corrected chi connectivity index (χ1v) is 8.21. The zero-order chi connectivity index (χ0) is 16.2. The smallest absolute Gasteiger partial charge is 0.255 e. The van der Waals surface area contributed by atoms with Crippen LogP contribution in [0.3, 0.4) is 0 Å². The summed E-state index contributed by atoms with van der Waals surface area (Å²) in [6.45, 7) is 4.71. The normalized spacial score (nSPS) is 23.1. The Hall–Kier alpha value is -1.66. The quantitative estimate of drug-likeness (QED) is 0.887. The van der Waals surface area contributed by atoms with Crippen molar-refractivity contribution in [3.05, 3.63) is 29.6 Å². The average molecular weight is 322 g/mol. The lowest BCUT2D eigenvalue weighted by atomic mass is 10.0. The third-order valence-electron chi connectivity index (χ3n) is 4.67. The summed E-state index contributed by atoms with van der Waals surface area (Å²) in [6.07, 6.45) is 2.92. The van der Waals surface area contributed by atoms with Crippen LogP contribution in [0.15, 0.2) is 18.2 Å².